The standard InChI is InChI=1S/C10H14N5O8P.Na/c11-10-13-7-4(8(18)14-10)12-2-15(7)9-6(17)5(16)3(23-9)1-22-24(19,20)21;/h2-3,5-6,9,16-17H,1H2,(H2,19,20,21)(H3,11,13,14,18);/t3-,5-,6-,9-;/m1./s1. The summed E-state index contributed by atoms with van der Waals surface area (Å²) in [6, 6.07) is 0. The fourth-order valence-corrected chi connectivity index (χ4v) is 2.74. The zero-order valence-corrected chi connectivity index (χ0v) is 15.8. The van der Waals surface area contributed by atoms with Gasteiger partial charge in [-0.3, -0.25) is 18.9 Å². The van der Waals surface area contributed by atoms with Crippen LogP contribution in [0.2, 0.25) is 0 Å². The summed E-state index contributed by atoms with van der Waals surface area (Å²) in [5.74, 6) is -0.177. The molecule has 3 rings (SSSR count). The van der Waals surface area contributed by atoms with Gasteiger partial charge in [0.05, 0.1) is 12.9 Å². The third-order valence-electron chi connectivity index (χ3n) is 3.47. The van der Waals surface area contributed by atoms with Crippen molar-refractivity contribution in [1.29, 1.82) is 0 Å². The number of ether oxygens (including phenoxy) is 1. The first kappa shape index (κ1) is 20.5. The number of aliphatic hydroxyl groups is 2. The Morgan fingerprint density at radius 2 is 2.08 bits per heavy atom. The average Bonchev–Trinajstić information content (AvgIpc) is 3.00. The van der Waals surface area contributed by atoms with Gasteiger partial charge in [-0.25, -0.2) is 9.55 Å². The fraction of sp³-hybridized carbons (Fsp3) is 0.500. The number of rotatable bonds is 4. The summed E-state index contributed by atoms with van der Waals surface area (Å²) < 4.78 is 21.6. The van der Waals surface area contributed by atoms with Crippen molar-refractivity contribution >= 4 is 54.5 Å². The first-order valence-corrected chi connectivity index (χ1v) is 8.14. The van der Waals surface area contributed by atoms with E-state index in [0.717, 1.165) is 0 Å². The monoisotopic (exact) mass is 386 g/mol. The van der Waals surface area contributed by atoms with E-state index in [9.17, 15) is 19.6 Å². The average molecular weight is 386 g/mol. The molecule has 1 aliphatic heterocycles. The number of phosphoric acid groups is 1. The van der Waals surface area contributed by atoms with Crippen LogP contribution in [0.1, 0.15) is 6.23 Å². The SMILES string of the molecule is Nc1nc2c(ncn2[C@@H]2O[C@H](COP(=O)(O)O)[C@@H](O)[C@H]2O)c(=O)[nH]1.[Na]. The number of hydrogen-bond donors (Lipinski definition) is 6. The number of nitrogens with zero attached hydrogens (tertiary/aromatic N) is 3. The number of hydrogen-bond acceptors (Lipinski definition) is 9. The molecule has 133 valence electrons. The number of nitrogens with two attached hydrogens (primary N) is 1. The minimum atomic E-state index is -4.76. The molecule has 0 unspecified atom stereocenters. The van der Waals surface area contributed by atoms with Crippen LogP contribution in [0, 0.1) is 0 Å². The number of fused-ring (bicyclic) bond motifs is 1. The summed E-state index contributed by atoms with van der Waals surface area (Å²) in [7, 11) is -4.76. The van der Waals surface area contributed by atoms with E-state index in [0.29, 0.717) is 0 Å². The molecule has 1 saturated heterocycles. The first-order chi connectivity index (χ1) is 11.2. The minimum absolute atomic E-state index is 0. The number of aromatic nitrogens is 4. The van der Waals surface area contributed by atoms with Crippen LogP contribution in [0.25, 0.3) is 11.2 Å². The Labute approximate surface area is 161 Å². The van der Waals surface area contributed by atoms with Gasteiger partial charge in [0.1, 0.15) is 18.3 Å². The van der Waals surface area contributed by atoms with Crippen molar-refractivity contribution in [1.82, 2.24) is 19.5 Å². The van der Waals surface area contributed by atoms with Crippen molar-refractivity contribution in [2.24, 2.45) is 0 Å². The van der Waals surface area contributed by atoms with Crippen molar-refractivity contribution in [2.45, 2.75) is 24.5 Å². The molecule has 1 fully saturated rings. The van der Waals surface area contributed by atoms with Crippen molar-refractivity contribution in [3.05, 3.63) is 16.7 Å². The predicted octanol–water partition coefficient (Wildman–Crippen LogP) is -2.95. The number of phosphoric ester groups is 1. The zero-order valence-electron chi connectivity index (χ0n) is 12.9. The molecule has 0 aromatic carbocycles. The van der Waals surface area contributed by atoms with E-state index in [1.807, 2.05) is 0 Å². The van der Waals surface area contributed by atoms with Crippen LogP contribution >= 0.6 is 7.82 Å². The maximum atomic E-state index is 11.7. The molecular weight excluding hydrogens is 372 g/mol. The maximum absolute atomic E-state index is 11.7. The molecule has 15 heteroatoms. The summed E-state index contributed by atoms with van der Waals surface area (Å²) in [4.78, 5) is 39.1. The molecule has 0 saturated carbocycles. The Balaban J connectivity index is 0.00000225. The molecule has 0 aliphatic carbocycles. The van der Waals surface area contributed by atoms with Crippen molar-refractivity contribution in [2.75, 3.05) is 12.3 Å². The van der Waals surface area contributed by atoms with Gasteiger partial charge in [-0.1, -0.05) is 0 Å². The Bertz CT molecular complexity index is 867. The van der Waals surface area contributed by atoms with Gasteiger partial charge in [0, 0.05) is 29.6 Å². The second-order valence-electron chi connectivity index (χ2n) is 5.11. The van der Waals surface area contributed by atoms with E-state index in [-0.39, 0.29) is 46.7 Å². The molecule has 13 nitrogen and oxygen atoms in total. The summed E-state index contributed by atoms with van der Waals surface area (Å²) in [6.45, 7) is -0.651. The molecule has 3 heterocycles. The smallest absolute Gasteiger partial charge is 0.387 e. The van der Waals surface area contributed by atoms with Crippen LogP contribution in [0.3, 0.4) is 0 Å². The van der Waals surface area contributed by atoms with Crippen molar-refractivity contribution in [3.8, 4) is 0 Å². The van der Waals surface area contributed by atoms with E-state index >= 15 is 0 Å². The van der Waals surface area contributed by atoms with Gasteiger partial charge < -0.3 is 30.5 Å². The summed E-state index contributed by atoms with van der Waals surface area (Å²) in [6.07, 6.45) is -4.22. The molecule has 0 amide bonds. The van der Waals surface area contributed by atoms with Crippen LogP contribution in [0.4, 0.5) is 5.95 Å². The molecule has 7 N–H and O–H groups in total. The van der Waals surface area contributed by atoms with Crippen LogP contribution < -0.4 is 11.3 Å². The number of imidazole rings is 1. The predicted molar refractivity (Wildman–Crippen MR) is 82.2 cm³/mol. The second-order valence-corrected chi connectivity index (χ2v) is 6.35. The number of nitrogen functional groups attached to an aromatic ring is 1. The molecule has 4 atom stereocenters. The largest absolute Gasteiger partial charge is 0.469 e. The van der Waals surface area contributed by atoms with Crippen molar-refractivity contribution < 1.29 is 33.8 Å². The van der Waals surface area contributed by atoms with Gasteiger partial charge in [0.25, 0.3) is 5.56 Å². The molecule has 1 aliphatic rings. The van der Waals surface area contributed by atoms with Gasteiger partial charge >= 0.3 is 7.82 Å². The van der Waals surface area contributed by atoms with Crippen LogP contribution in [0.5, 0.6) is 0 Å². The Morgan fingerprint density at radius 3 is 2.72 bits per heavy atom. The molecule has 2 aromatic heterocycles. The van der Waals surface area contributed by atoms with Gasteiger partial charge in [0.15, 0.2) is 17.4 Å². The Hall–Kier alpha value is -0.860. The quantitative estimate of drug-likeness (QED) is 0.231. The second kappa shape index (κ2) is 7.40. The Kier molecular flexibility index (Phi) is 6.06. The molecule has 25 heavy (non-hydrogen) atoms. The molecule has 0 bridgehead atoms. The number of aromatic amines is 1. The molecule has 2 aromatic rings. The maximum Gasteiger partial charge on any atom is 0.469 e. The van der Waals surface area contributed by atoms with Crippen LogP contribution in [0.15, 0.2) is 11.1 Å². The topological polar surface area (TPSA) is 206 Å². The van der Waals surface area contributed by atoms with E-state index in [2.05, 4.69) is 19.5 Å². The first-order valence-electron chi connectivity index (χ1n) is 6.61. The van der Waals surface area contributed by atoms with Crippen molar-refractivity contribution in [3.63, 3.8) is 0 Å². The summed E-state index contributed by atoms with van der Waals surface area (Å²) in [5, 5.41) is 20.1. The van der Waals surface area contributed by atoms with Gasteiger partial charge in [-0.05, 0) is 0 Å². The van der Waals surface area contributed by atoms with Crippen LogP contribution in [-0.2, 0) is 13.8 Å². The van der Waals surface area contributed by atoms with E-state index < -0.39 is 44.5 Å². The summed E-state index contributed by atoms with van der Waals surface area (Å²) in [5.41, 5.74) is 4.84. The molecule has 1 radical (unpaired) electrons. The number of anilines is 1. The molecule has 0 spiro atoms. The Morgan fingerprint density at radius 1 is 1.40 bits per heavy atom. The molecular formula is C10H14N5NaO8P. The van der Waals surface area contributed by atoms with E-state index in [1.54, 1.807) is 0 Å². The number of H-pyrrole nitrogens is 1. The minimum Gasteiger partial charge on any atom is -0.387 e. The van der Waals surface area contributed by atoms with Gasteiger partial charge in [-0.15, -0.1) is 0 Å². The normalized spacial score (nSPS) is 26.7. The third-order valence-corrected chi connectivity index (χ3v) is 3.95. The third kappa shape index (κ3) is 4.11. The number of nitrogens with one attached hydrogen (secondary N) is 1. The summed E-state index contributed by atoms with van der Waals surface area (Å²) >= 11 is 0. The van der Waals surface area contributed by atoms with E-state index in [4.69, 9.17) is 20.3 Å². The zero-order chi connectivity index (χ0) is 17.6. The van der Waals surface area contributed by atoms with Gasteiger partial charge in [-0.2, -0.15) is 4.98 Å². The fourth-order valence-electron chi connectivity index (χ4n) is 2.40. The van der Waals surface area contributed by atoms with Gasteiger partial charge in [0.2, 0.25) is 5.95 Å². The van der Waals surface area contributed by atoms with Crippen LogP contribution in [-0.4, -0.2) is 94.0 Å². The number of aliphatic hydroxyl groups excluding tert-OH is 2. The van der Waals surface area contributed by atoms with E-state index in [1.165, 1.54) is 10.9 Å².